The zero-order chi connectivity index (χ0) is 23.3. The van der Waals surface area contributed by atoms with E-state index in [1.54, 1.807) is 43.4 Å². The van der Waals surface area contributed by atoms with Gasteiger partial charge in [-0.3, -0.25) is 9.59 Å². The van der Waals surface area contributed by atoms with E-state index in [0.717, 1.165) is 5.56 Å². The largest absolute Gasteiger partial charge is 0.449 e. The van der Waals surface area contributed by atoms with Gasteiger partial charge in [-0.25, -0.2) is 9.18 Å². The van der Waals surface area contributed by atoms with Crippen molar-refractivity contribution in [2.24, 2.45) is 0 Å². The highest BCUT2D eigenvalue weighted by Crippen LogP contribution is 2.16. The molecular weight excluding hydrogens is 435 g/mol. The number of halogens is 2. The molecule has 1 atom stereocenters. The van der Waals surface area contributed by atoms with Crippen LogP contribution in [0.4, 0.5) is 4.39 Å². The Morgan fingerprint density at radius 2 is 1.88 bits per heavy atom. The second-order valence-electron chi connectivity index (χ2n) is 7.35. The van der Waals surface area contributed by atoms with Crippen LogP contribution >= 0.6 is 11.6 Å². The molecule has 6 nitrogen and oxygen atoms in total. The molecule has 3 rings (SSSR count). The van der Waals surface area contributed by atoms with Gasteiger partial charge in [0.25, 0.3) is 11.5 Å². The zero-order valence-electron chi connectivity index (χ0n) is 17.6. The first kappa shape index (κ1) is 23.2. The molecule has 0 radical (unpaired) electrons. The third-order valence-corrected chi connectivity index (χ3v) is 5.20. The lowest BCUT2D eigenvalue weighted by molar-refractivity contribution is -0.139. The highest BCUT2D eigenvalue weighted by molar-refractivity contribution is 6.31. The van der Waals surface area contributed by atoms with E-state index < -0.39 is 23.8 Å². The molecule has 1 heterocycles. The fourth-order valence-corrected chi connectivity index (χ4v) is 3.36. The first-order chi connectivity index (χ1) is 15.2. The maximum Gasteiger partial charge on any atom is 0.340 e. The predicted octanol–water partition coefficient (Wildman–Crippen LogP) is 3.89. The van der Waals surface area contributed by atoms with Gasteiger partial charge in [-0.15, -0.1) is 0 Å². The minimum absolute atomic E-state index is 0.129. The van der Waals surface area contributed by atoms with Crippen molar-refractivity contribution in [3.05, 3.63) is 105 Å². The highest BCUT2D eigenvalue weighted by atomic mass is 35.5. The van der Waals surface area contributed by atoms with Crippen molar-refractivity contribution >= 4 is 23.5 Å². The maximum absolute atomic E-state index is 13.4. The van der Waals surface area contributed by atoms with Crippen LogP contribution < -0.4 is 5.56 Å². The molecular formula is C24H22ClFN2O4. The summed E-state index contributed by atoms with van der Waals surface area (Å²) in [7, 11) is 1.54. The van der Waals surface area contributed by atoms with Crippen LogP contribution in [0.15, 0.2) is 71.7 Å². The molecule has 3 aromatic rings. The number of nitrogens with zero attached hydrogens (tertiary/aromatic N) is 2. The van der Waals surface area contributed by atoms with E-state index in [2.05, 4.69) is 0 Å². The van der Waals surface area contributed by atoms with E-state index in [4.69, 9.17) is 16.3 Å². The van der Waals surface area contributed by atoms with E-state index in [1.165, 1.54) is 46.9 Å². The summed E-state index contributed by atoms with van der Waals surface area (Å²) in [6.45, 7) is 1.81. The van der Waals surface area contributed by atoms with Gasteiger partial charge < -0.3 is 14.2 Å². The third-order valence-electron chi connectivity index (χ3n) is 4.83. The summed E-state index contributed by atoms with van der Waals surface area (Å²) in [5.74, 6) is -1.57. The van der Waals surface area contributed by atoms with Crippen molar-refractivity contribution in [2.75, 3.05) is 7.05 Å². The molecule has 0 fully saturated rings. The molecule has 0 saturated carbocycles. The second-order valence-corrected chi connectivity index (χ2v) is 7.75. The van der Waals surface area contributed by atoms with Crippen LogP contribution in [-0.2, 0) is 22.6 Å². The van der Waals surface area contributed by atoms with Crippen molar-refractivity contribution in [1.82, 2.24) is 9.47 Å². The van der Waals surface area contributed by atoms with E-state index in [-0.39, 0.29) is 24.2 Å². The average Bonchev–Trinajstić information content (AvgIpc) is 2.76. The summed E-state index contributed by atoms with van der Waals surface area (Å²) in [5.41, 5.74) is 1.17. The summed E-state index contributed by atoms with van der Waals surface area (Å²) in [4.78, 5) is 38.7. The van der Waals surface area contributed by atoms with E-state index >= 15 is 0 Å². The predicted molar refractivity (Wildman–Crippen MR) is 119 cm³/mol. The molecule has 1 amide bonds. The molecule has 1 unspecified atom stereocenters. The number of pyridine rings is 1. The van der Waals surface area contributed by atoms with Crippen molar-refractivity contribution in [1.29, 1.82) is 0 Å². The Hall–Kier alpha value is -3.45. The van der Waals surface area contributed by atoms with E-state index in [9.17, 15) is 18.8 Å². The van der Waals surface area contributed by atoms with Crippen LogP contribution in [0.5, 0.6) is 0 Å². The molecule has 2 aromatic carbocycles. The van der Waals surface area contributed by atoms with Gasteiger partial charge >= 0.3 is 5.97 Å². The summed E-state index contributed by atoms with van der Waals surface area (Å²) in [6.07, 6.45) is 0.312. The maximum atomic E-state index is 13.4. The minimum atomic E-state index is -1.06. The van der Waals surface area contributed by atoms with Gasteiger partial charge in [0.2, 0.25) is 0 Å². The quantitative estimate of drug-likeness (QED) is 0.506. The highest BCUT2D eigenvalue weighted by Gasteiger charge is 2.23. The van der Waals surface area contributed by atoms with Gasteiger partial charge in [0.15, 0.2) is 6.10 Å². The summed E-state index contributed by atoms with van der Waals surface area (Å²) >= 11 is 6.16. The van der Waals surface area contributed by atoms with Crippen LogP contribution in [0.1, 0.15) is 28.4 Å². The lowest BCUT2D eigenvalue weighted by Crippen LogP contribution is -2.37. The number of benzene rings is 2. The molecule has 0 aliphatic heterocycles. The van der Waals surface area contributed by atoms with Crippen molar-refractivity contribution in [2.45, 2.75) is 26.1 Å². The first-order valence-corrected chi connectivity index (χ1v) is 10.3. The van der Waals surface area contributed by atoms with Gasteiger partial charge in [-0.1, -0.05) is 41.9 Å². The van der Waals surface area contributed by atoms with Gasteiger partial charge in [-0.2, -0.15) is 0 Å². The Morgan fingerprint density at radius 1 is 1.12 bits per heavy atom. The number of aromatic nitrogens is 1. The lowest BCUT2D eigenvalue weighted by atomic mass is 10.2. The standard InChI is InChI=1S/C24H22ClFN2O4/c1-16(23(30)27(2)13-17-6-5-8-20(26)12-17)32-24(31)19-10-11-22(29)28(15-19)14-18-7-3-4-9-21(18)25/h3-12,15-16H,13-14H2,1-2H3. The molecule has 1 aromatic heterocycles. The molecule has 0 N–H and O–H groups in total. The fraction of sp³-hybridized carbons (Fsp3) is 0.208. The third kappa shape index (κ3) is 5.82. The topological polar surface area (TPSA) is 68.6 Å². The number of hydrogen-bond donors (Lipinski definition) is 0. The minimum Gasteiger partial charge on any atom is -0.449 e. The number of likely N-dealkylation sites (N-methyl/N-ethyl adjacent to an activating group) is 1. The number of carbonyl (C=O) groups is 2. The van der Waals surface area contributed by atoms with Gasteiger partial charge in [0, 0.05) is 30.9 Å². The number of hydrogen-bond acceptors (Lipinski definition) is 4. The molecule has 166 valence electrons. The Labute approximate surface area is 189 Å². The average molecular weight is 457 g/mol. The van der Waals surface area contributed by atoms with Crippen LogP contribution in [0.25, 0.3) is 0 Å². The van der Waals surface area contributed by atoms with Crippen molar-refractivity contribution < 1.29 is 18.7 Å². The van der Waals surface area contributed by atoms with Crippen molar-refractivity contribution in [3.63, 3.8) is 0 Å². The molecule has 8 heteroatoms. The number of rotatable bonds is 7. The lowest BCUT2D eigenvalue weighted by Gasteiger charge is -2.21. The first-order valence-electron chi connectivity index (χ1n) is 9.89. The van der Waals surface area contributed by atoms with E-state index in [0.29, 0.717) is 10.6 Å². The van der Waals surface area contributed by atoms with Crippen LogP contribution in [0, 0.1) is 5.82 Å². The van der Waals surface area contributed by atoms with Crippen LogP contribution in [-0.4, -0.2) is 34.5 Å². The zero-order valence-corrected chi connectivity index (χ0v) is 18.4. The van der Waals surface area contributed by atoms with Crippen LogP contribution in [0.2, 0.25) is 5.02 Å². The molecule has 32 heavy (non-hydrogen) atoms. The van der Waals surface area contributed by atoms with Gasteiger partial charge in [0.1, 0.15) is 5.82 Å². The Balaban J connectivity index is 1.67. The molecule has 0 saturated heterocycles. The Morgan fingerprint density at radius 3 is 2.59 bits per heavy atom. The number of amides is 1. The van der Waals surface area contributed by atoms with Crippen molar-refractivity contribution in [3.8, 4) is 0 Å². The second kappa shape index (κ2) is 10.2. The summed E-state index contributed by atoms with van der Waals surface area (Å²) in [5, 5.41) is 0.507. The number of esters is 1. The fourth-order valence-electron chi connectivity index (χ4n) is 3.16. The molecule has 0 aliphatic rings. The number of ether oxygens (including phenoxy) is 1. The monoisotopic (exact) mass is 456 g/mol. The summed E-state index contributed by atoms with van der Waals surface area (Å²) < 4.78 is 20.0. The summed E-state index contributed by atoms with van der Waals surface area (Å²) in [6, 6.07) is 15.6. The molecule has 0 bridgehead atoms. The van der Waals surface area contributed by atoms with Gasteiger partial charge in [-0.05, 0) is 42.3 Å². The normalized spacial score (nSPS) is 11.6. The Kier molecular flexibility index (Phi) is 7.43. The SMILES string of the molecule is CC(OC(=O)c1ccc(=O)n(Cc2ccccc2Cl)c1)C(=O)N(C)Cc1cccc(F)c1. The Bertz CT molecular complexity index is 1190. The molecule has 0 aliphatic carbocycles. The smallest absolute Gasteiger partial charge is 0.340 e. The van der Waals surface area contributed by atoms with Crippen LogP contribution in [0.3, 0.4) is 0 Å². The van der Waals surface area contributed by atoms with E-state index in [1.807, 2.05) is 0 Å². The van der Waals surface area contributed by atoms with Gasteiger partial charge in [0.05, 0.1) is 12.1 Å². The molecule has 0 spiro atoms. The number of carbonyl (C=O) groups excluding carboxylic acids is 2.